The summed E-state index contributed by atoms with van der Waals surface area (Å²) < 4.78 is 5.09. The summed E-state index contributed by atoms with van der Waals surface area (Å²) in [6, 6.07) is 3.30. The molecule has 0 fully saturated rings. The molecule has 1 heterocycles. The largest absolute Gasteiger partial charge is 0.496 e. The molecule has 78 valence electrons. The number of methoxy groups -OCH3 is 1. The van der Waals surface area contributed by atoms with Crippen molar-refractivity contribution in [3.8, 4) is 5.75 Å². The third-order valence-electron chi connectivity index (χ3n) is 2.20. The molecule has 0 saturated heterocycles. The van der Waals surface area contributed by atoms with Crippen molar-refractivity contribution in [3.63, 3.8) is 0 Å². The highest BCUT2D eigenvalue weighted by atomic mass is 35.5. The molecular formula is C10H8ClNO3. The molecule has 1 aromatic heterocycles. The molecule has 0 aliphatic carbocycles. The molecule has 0 saturated carbocycles. The Morgan fingerprint density at radius 1 is 1.53 bits per heavy atom. The predicted octanol–water partition coefficient (Wildman–Crippen LogP) is 2.53. The van der Waals surface area contributed by atoms with Crippen LogP contribution in [-0.4, -0.2) is 23.2 Å². The average Bonchev–Trinajstić information content (AvgIpc) is 2.64. The third kappa shape index (κ3) is 1.43. The van der Waals surface area contributed by atoms with Crippen LogP contribution in [0.15, 0.2) is 18.3 Å². The van der Waals surface area contributed by atoms with Gasteiger partial charge in [-0.2, -0.15) is 0 Å². The fourth-order valence-corrected chi connectivity index (χ4v) is 1.73. The Kier molecular flexibility index (Phi) is 2.28. The number of rotatable bonds is 2. The molecule has 4 nitrogen and oxygen atoms in total. The van der Waals surface area contributed by atoms with Crippen LogP contribution in [-0.2, 0) is 0 Å². The van der Waals surface area contributed by atoms with Crippen LogP contribution >= 0.6 is 11.6 Å². The van der Waals surface area contributed by atoms with Crippen LogP contribution in [0.1, 0.15) is 10.4 Å². The molecule has 2 rings (SSSR count). The van der Waals surface area contributed by atoms with Crippen LogP contribution in [0, 0.1) is 0 Å². The molecule has 0 atom stereocenters. The summed E-state index contributed by atoms with van der Waals surface area (Å²) in [6.07, 6.45) is 1.40. The highest BCUT2D eigenvalue weighted by Gasteiger charge is 2.16. The molecule has 0 aliphatic heterocycles. The van der Waals surface area contributed by atoms with Gasteiger partial charge in [0, 0.05) is 6.20 Å². The molecule has 2 N–H and O–H groups in total. The van der Waals surface area contributed by atoms with Crippen LogP contribution in [0.5, 0.6) is 5.75 Å². The minimum absolute atomic E-state index is 0.157. The van der Waals surface area contributed by atoms with Gasteiger partial charge in [-0.15, -0.1) is 0 Å². The summed E-state index contributed by atoms with van der Waals surface area (Å²) in [5.74, 6) is -0.519. The number of aromatic amines is 1. The van der Waals surface area contributed by atoms with Gasteiger partial charge in [-0.1, -0.05) is 11.6 Å². The number of hydrogen-bond acceptors (Lipinski definition) is 2. The number of fused-ring (bicyclic) bond motifs is 1. The number of ether oxygens (including phenoxy) is 1. The number of nitrogens with one attached hydrogen (secondary N) is 1. The standard InChI is InChI=1S/C10H8ClNO3/c1-15-7-3-2-6(11)9-8(7)5(4-12-9)10(13)14/h2-4,12H,1H3,(H,13,14). The molecule has 0 bridgehead atoms. The maximum atomic E-state index is 10.9. The molecule has 1 aromatic carbocycles. The van der Waals surface area contributed by atoms with Crippen molar-refractivity contribution in [1.29, 1.82) is 0 Å². The first-order valence-electron chi connectivity index (χ1n) is 4.22. The average molecular weight is 226 g/mol. The maximum absolute atomic E-state index is 10.9. The smallest absolute Gasteiger partial charge is 0.338 e. The normalized spacial score (nSPS) is 10.5. The molecule has 0 amide bonds. The summed E-state index contributed by atoms with van der Waals surface area (Å²) in [7, 11) is 1.49. The van der Waals surface area contributed by atoms with Gasteiger partial charge in [0.25, 0.3) is 0 Å². The summed E-state index contributed by atoms with van der Waals surface area (Å²) in [5.41, 5.74) is 0.734. The Labute approximate surface area is 90.4 Å². The van der Waals surface area contributed by atoms with E-state index in [1.54, 1.807) is 12.1 Å². The lowest BCUT2D eigenvalue weighted by molar-refractivity contribution is 0.0699. The second-order valence-electron chi connectivity index (χ2n) is 3.01. The zero-order valence-corrected chi connectivity index (χ0v) is 8.63. The first-order chi connectivity index (χ1) is 7.15. The van der Waals surface area contributed by atoms with Gasteiger partial charge in [-0.05, 0) is 12.1 Å². The maximum Gasteiger partial charge on any atom is 0.338 e. The molecule has 2 aromatic rings. The van der Waals surface area contributed by atoms with Crippen molar-refractivity contribution >= 4 is 28.5 Å². The predicted molar refractivity (Wildman–Crippen MR) is 56.8 cm³/mol. The Hall–Kier alpha value is -1.68. The van der Waals surface area contributed by atoms with Gasteiger partial charge < -0.3 is 14.8 Å². The molecule has 15 heavy (non-hydrogen) atoms. The first-order valence-corrected chi connectivity index (χ1v) is 4.60. The number of aromatic carboxylic acids is 1. The van der Waals surface area contributed by atoms with Gasteiger partial charge in [0.05, 0.1) is 28.6 Å². The minimum Gasteiger partial charge on any atom is -0.496 e. The molecule has 0 aliphatic rings. The minimum atomic E-state index is -1.01. The Morgan fingerprint density at radius 2 is 2.27 bits per heavy atom. The molecular weight excluding hydrogens is 218 g/mol. The van der Waals surface area contributed by atoms with E-state index in [0.717, 1.165) is 0 Å². The van der Waals surface area contributed by atoms with Gasteiger partial charge in [-0.3, -0.25) is 0 Å². The number of carbonyl (C=O) groups is 1. The van der Waals surface area contributed by atoms with E-state index in [2.05, 4.69) is 4.98 Å². The van der Waals surface area contributed by atoms with Crippen molar-refractivity contribution in [2.75, 3.05) is 7.11 Å². The second kappa shape index (κ2) is 3.47. The number of benzene rings is 1. The number of carboxylic acid groups (broad SMARTS) is 1. The van der Waals surface area contributed by atoms with E-state index in [9.17, 15) is 4.79 Å². The Balaban J connectivity index is 2.86. The number of carboxylic acids is 1. The van der Waals surface area contributed by atoms with E-state index >= 15 is 0 Å². The first kappa shape index (κ1) is 9.86. The number of H-pyrrole nitrogens is 1. The van der Waals surface area contributed by atoms with Crippen LogP contribution in [0.3, 0.4) is 0 Å². The summed E-state index contributed by atoms with van der Waals surface area (Å²) in [4.78, 5) is 13.8. The van der Waals surface area contributed by atoms with Crippen LogP contribution in [0.25, 0.3) is 10.9 Å². The van der Waals surface area contributed by atoms with Gasteiger partial charge in [0.15, 0.2) is 0 Å². The van der Waals surface area contributed by atoms with Crippen molar-refractivity contribution in [2.45, 2.75) is 0 Å². The quantitative estimate of drug-likeness (QED) is 0.826. The van der Waals surface area contributed by atoms with Crippen molar-refractivity contribution in [3.05, 3.63) is 28.9 Å². The Bertz CT molecular complexity index is 533. The van der Waals surface area contributed by atoms with Gasteiger partial charge in [0.2, 0.25) is 0 Å². The summed E-state index contributed by atoms with van der Waals surface area (Å²) >= 11 is 5.92. The van der Waals surface area contributed by atoms with Gasteiger partial charge >= 0.3 is 5.97 Å². The number of hydrogen-bond donors (Lipinski definition) is 2. The van der Waals surface area contributed by atoms with E-state index < -0.39 is 5.97 Å². The fraction of sp³-hybridized carbons (Fsp3) is 0.100. The van der Waals surface area contributed by atoms with Crippen molar-refractivity contribution < 1.29 is 14.6 Å². The third-order valence-corrected chi connectivity index (χ3v) is 2.51. The van der Waals surface area contributed by atoms with Crippen molar-refractivity contribution in [1.82, 2.24) is 4.98 Å². The molecule has 0 spiro atoms. The highest BCUT2D eigenvalue weighted by Crippen LogP contribution is 2.33. The monoisotopic (exact) mass is 225 g/mol. The number of aromatic nitrogens is 1. The van der Waals surface area contributed by atoms with Crippen LogP contribution in [0.2, 0.25) is 5.02 Å². The highest BCUT2D eigenvalue weighted by molar-refractivity contribution is 6.35. The van der Waals surface area contributed by atoms with E-state index in [1.807, 2.05) is 0 Å². The van der Waals surface area contributed by atoms with Gasteiger partial charge in [-0.25, -0.2) is 4.79 Å². The zero-order chi connectivity index (χ0) is 11.0. The molecule has 0 radical (unpaired) electrons. The van der Waals surface area contributed by atoms with Crippen LogP contribution in [0.4, 0.5) is 0 Å². The van der Waals surface area contributed by atoms with Crippen LogP contribution < -0.4 is 4.74 Å². The lowest BCUT2D eigenvalue weighted by atomic mass is 10.1. The second-order valence-corrected chi connectivity index (χ2v) is 3.41. The lowest BCUT2D eigenvalue weighted by Gasteiger charge is -2.03. The molecule has 5 heteroatoms. The van der Waals surface area contributed by atoms with Crippen molar-refractivity contribution in [2.24, 2.45) is 0 Å². The SMILES string of the molecule is COc1ccc(Cl)c2[nH]cc(C(=O)O)c12. The number of halogens is 1. The van der Waals surface area contributed by atoms with E-state index in [4.69, 9.17) is 21.4 Å². The summed E-state index contributed by atoms with van der Waals surface area (Å²) in [5, 5.41) is 9.93. The summed E-state index contributed by atoms with van der Waals surface area (Å²) in [6.45, 7) is 0. The fourth-order valence-electron chi connectivity index (χ4n) is 1.52. The van der Waals surface area contributed by atoms with E-state index in [0.29, 0.717) is 21.7 Å². The zero-order valence-electron chi connectivity index (χ0n) is 7.87. The van der Waals surface area contributed by atoms with Gasteiger partial charge in [0.1, 0.15) is 5.75 Å². The molecule has 0 unspecified atom stereocenters. The Morgan fingerprint density at radius 3 is 2.87 bits per heavy atom. The van der Waals surface area contributed by atoms with E-state index in [1.165, 1.54) is 13.3 Å². The van der Waals surface area contributed by atoms with E-state index in [-0.39, 0.29) is 5.56 Å². The lowest BCUT2D eigenvalue weighted by Crippen LogP contribution is -1.95. The topological polar surface area (TPSA) is 62.3 Å².